The SMILES string of the molecule is CCCC(C)[C@H](C)[Si](CCCOc1ccc2c(c1)CC[C@@H]1[C@@H]2CC[C@]2(C)C(=O)CC[C@@H]12)OC(C)=O. The Balaban J connectivity index is 1.33. The first kappa shape index (κ1) is 26.4. The van der Waals surface area contributed by atoms with Gasteiger partial charge in [0.15, 0.2) is 0 Å². The summed E-state index contributed by atoms with van der Waals surface area (Å²) in [6.45, 7) is 11.2. The molecule has 6 atom stereocenters. The summed E-state index contributed by atoms with van der Waals surface area (Å²) in [7, 11) is -1.19. The Bertz CT molecular complexity index is 914. The van der Waals surface area contributed by atoms with E-state index in [1.54, 1.807) is 0 Å². The molecule has 4 nitrogen and oxygen atoms in total. The molecule has 0 aromatic heterocycles. The van der Waals surface area contributed by atoms with Gasteiger partial charge >= 0.3 is 0 Å². The zero-order valence-corrected chi connectivity index (χ0v) is 23.5. The third-order valence-electron chi connectivity index (χ3n) is 9.62. The van der Waals surface area contributed by atoms with Crippen LogP contribution in [-0.4, -0.2) is 27.4 Å². The fourth-order valence-electron chi connectivity index (χ4n) is 7.43. The van der Waals surface area contributed by atoms with Crippen molar-refractivity contribution < 1.29 is 18.8 Å². The maximum Gasteiger partial charge on any atom is 0.289 e. The predicted octanol–water partition coefficient (Wildman–Crippen LogP) is 7.26. The number of Topliss-reactive ketones (excluding diaryl/α,β-unsaturated/α-hetero) is 1. The molecule has 0 N–H and O–H groups in total. The monoisotopic (exact) mass is 497 g/mol. The average Bonchev–Trinajstić information content (AvgIpc) is 3.14. The quantitative estimate of drug-likeness (QED) is 0.252. The molecule has 0 spiro atoms. The lowest BCUT2D eigenvalue weighted by Crippen LogP contribution is -2.42. The van der Waals surface area contributed by atoms with E-state index in [9.17, 15) is 9.59 Å². The van der Waals surface area contributed by atoms with Crippen LogP contribution in [0, 0.1) is 23.2 Å². The normalized spacial score (nSPS) is 29.2. The van der Waals surface area contributed by atoms with E-state index in [-0.39, 0.29) is 11.4 Å². The van der Waals surface area contributed by atoms with Crippen LogP contribution in [0.25, 0.3) is 0 Å². The van der Waals surface area contributed by atoms with E-state index in [4.69, 9.17) is 9.16 Å². The van der Waals surface area contributed by atoms with Gasteiger partial charge in [-0.25, -0.2) is 0 Å². The summed E-state index contributed by atoms with van der Waals surface area (Å²) in [6, 6.07) is 7.66. The van der Waals surface area contributed by atoms with Gasteiger partial charge in [0, 0.05) is 18.8 Å². The van der Waals surface area contributed by atoms with Crippen LogP contribution >= 0.6 is 0 Å². The molecule has 35 heavy (non-hydrogen) atoms. The lowest BCUT2D eigenvalue weighted by molar-refractivity contribution is -0.132. The third-order valence-corrected chi connectivity index (χ3v) is 12.6. The highest BCUT2D eigenvalue weighted by molar-refractivity contribution is 6.55. The highest BCUT2D eigenvalue weighted by Crippen LogP contribution is 2.59. The third kappa shape index (κ3) is 5.55. The van der Waals surface area contributed by atoms with Crippen molar-refractivity contribution in [3.8, 4) is 5.75 Å². The Labute approximate surface area is 214 Å². The highest BCUT2D eigenvalue weighted by Gasteiger charge is 2.54. The van der Waals surface area contributed by atoms with Gasteiger partial charge in [-0.05, 0) is 97.0 Å². The largest absolute Gasteiger partial charge is 0.517 e. The molecule has 1 aromatic rings. The lowest BCUT2D eigenvalue weighted by Gasteiger charge is -2.48. The van der Waals surface area contributed by atoms with Crippen LogP contribution in [0.4, 0.5) is 0 Å². The van der Waals surface area contributed by atoms with E-state index < -0.39 is 9.04 Å². The van der Waals surface area contributed by atoms with E-state index >= 15 is 0 Å². The molecule has 193 valence electrons. The molecular formula is C30H45O4Si. The zero-order valence-electron chi connectivity index (χ0n) is 22.5. The van der Waals surface area contributed by atoms with Crippen molar-refractivity contribution in [3.63, 3.8) is 0 Å². The van der Waals surface area contributed by atoms with Crippen LogP contribution in [0.2, 0.25) is 11.6 Å². The van der Waals surface area contributed by atoms with Crippen molar-refractivity contribution in [1.29, 1.82) is 0 Å². The van der Waals surface area contributed by atoms with Crippen LogP contribution in [0.3, 0.4) is 0 Å². The maximum atomic E-state index is 12.6. The Morgan fingerprint density at radius 3 is 2.74 bits per heavy atom. The van der Waals surface area contributed by atoms with E-state index in [0.29, 0.717) is 41.6 Å². The predicted molar refractivity (Wildman–Crippen MR) is 142 cm³/mol. The number of ketones is 1. The first-order chi connectivity index (χ1) is 16.7. The molecule has 1 aromatic carbocycles. The van der Waals surface area contributed by atoms with Gasteiger partial charge in [0.05, 0.1) is 6.61 Å². The Morgan fingerprint density at radius 1 is 1.20 bits per heavy atom. The van der Waals surface area contributed by atoms with E-state index in [0.717, 1.165) is 50.3 Å². The molecule has 5 heteroatoms. The van der Waals surface area contributed by atoms with Crippen LogP contribution in [0.5, 0.6) is 5.75 Å². The average molecular weight is 498 g/mol. The topological polar surface area (TPSA) is 52.6 Å². The van der Waals surface area contributed by atoms with Crippen molar-refractivity contribution in [2.75, 3.05) is 6.61 Å². The molecule has 1 radical (unpaired) electrons. The highest BCUT2D eigenvalue weighted by atomic mass is 28.3. The molecule has 0 amide bonds. The van der Waals surface area contributed by atoms with Gasteiger partial charge in [-0.15, -0.1) is 0 Å². The number of hydrogen-bond donors (Lipinski definition) is 0. The van der Waals surface area contributed by atoms with Crippen LogP contribution in [0.1, 0.15) is 103 Å². The molecule has 0 heterocycles. The maximum absolute atomic E-state index is 12.6. The lowest BCUT2D eigenvalue weighted by atomic mass is 9.55. The summed E-state index contributed by atoms with van der Waals surface area (Å²) < 4.78 is 12.0. The summed E-state index contributed by atoms with van der Waals surface area (Å²) in [4.78, 5) is 24.3. The van der Waals surface area contributed by atoms with Crippen molar-refractivity contribution >= 4 is 20.8 Å². The van der Waals surface area contributed by atoms with Crippen LogP contribution < -0.4 is 4.74 Å². The van der Waals surface area contributed by atoms with Crippen molar-refractivity contribution in [1.82, 2.24) is 0 Å². The minimum atomic E-state index is -1.19. The molecule has 0 aliphatic heterocycles. The van der Waals surface area contributed by atoms with Gasteiger partial charge in [0.1, 0.15) is 11.5 Å². The summed E-state index contributed by atoms with van der Waals surface area (Å²) >= 11 is 0. The number of carbonyl (C=O) groups is 2. The number of benzene rings is 1. The Hall–Kier alpha value is -1.62. The van der Waals surface area contributed by atoms with Gasteiger partial charge in [0.25, 0.3) is 15.0 Å². The minimum Gasteiger partial charge on any atom is -0.517 e. The van der Waals surface area contributed by atoms with Gasteiger partial charge in [0.2, 0.25) is 0 Å². The Morgan fingerprint density at radius 2 is 2.00 bits per heavy atom. The molecule has 1 unspecified atom stereocenters. The van der Waals surface area contributed by atoms with Crippen molar-refractivity contribution in [2.45, 2.75) is 110 Å². The molecular weight excluding hydrogens is 452 g/mol. The zero-order chi connectivity index (χ0) is 25.2. The van der Waals surface area contributed by atoms with Gasteiger partial charge < -0.3 is 9.16 Å². The fraction of sp³-hybridized carbons (Fsp3) is 0.733. The van der Waals surface area contributed by atoms with E-state index in [2.05, 4.69) is 45.9 Å². The Kier molecular flexibility index (Phi) is 8.45. The van der Waals surface area contributed by atoms with Gasteiger partial charge in [-0.3, -0.25) is 9.59 Å². The summed E-state index contributed by atoms with van der Waals surface area (Å²) in [5.74, 6) is 3.77. The first-order valence-electron chi connectivity index (χ1n) is 14.1. The molecule has 3 aliphatic carbocycles. The second kappa shape index (κ2) is 11.2. The number of fused-ring (bicyclic) bond motifs is 5. The van der Waals surface area contributed by atoms with Crippen molar-refractivity contribution in [2.24, 2.45) is 23.2 Å². The van der Waals surface area contributed by atoms with Crippen LogP contribution in [-0.2, 0) is 20.4 Å². The number of rotatable bonds is 10. The van der Waals surface area contributed by atoms with Gasteiger partial charge in [-0.2, -0.15) is 0 Å². The van der Waals surface area contributed by atoms with E-state index in [1.807, 2.05) is 0 Å². The number of aryl methyl sites for hydroxylation is 1. The molecule has 0 bridgehead atoms. The minimum absolute atomic E-state index is 0.0556. The van der Waals surface area contributed by atoms with Crippen LogP contribution in [0.15, 0.2) is 18.2 Å². The fourth-order valence-corrected chi connectivity index (χ4v) is 9.84. The summed E-state index contributed by atoms with van der Waals surface area (Å²) in [5.41, 5.74) is 3.35. The second-order valence-electron chi connectivity index (χ2n) is 11.8. The smallest absolute Gasteiger partial charge is 0.289 e. The standard InChI is InChI=1S/C30H45O4Si/c1-6-8-20(2)21(3)35(34-22(4)31)18-7-17-33-24-10-12-25-23(19-24)9-11-27-26(25)15-16-30(5)28(27)13-14-29(30)32/h10,12,19-21,26-28H,6-9,11,13-18H2,1-5H3/t20?,21-,26+,27+,28-,30-/m0/s1. The molecule has 4 rings (SSSR count). The summed E-state index contributed by atoms with van der Waals surface area (Å²) in [6.07, 6.45) is 9.66. The summed E-state index contributed by atoms with van der Waals surface area (Å²) in [5, 5.41) is 0. The van der Waals surface area contributed by atoms with Gasteiger partial charge in [-0.1, -0.05) is 46.6 Å². The second-order valence-corrected chi connectivity index (χ2v) is 14.3. The number of ether oxygens (including phenoxy) is 1. The first-order valence-corrected chi connectivity index (χ1v) is 15.8. The number of hydrogen-bond acceptors (Lipinski definition) is 4. The van der Waals surface area contributed by atoms with Crippen molar-refractivity contribution in [3.05, 3.63) is 29.3 Å². The molecule has 0 saturated heterocycles. The molecule has 2 fully saturated rings. The van der Waals surface area contributed by atoms with E-state index in [1.165, 1.54) is 37.3 Å². The molecule has 3 aliphatic rings. The number of carbonyl (C=O) groups excluding carboxylic acids is 2. The molecule has 2 saturated carbocycles.